The van der Waals surface area contributed by atoms with Gasteiger partial charge in [-0.05, 0) is 22.6 Å². The number of carboxylic acid groups (broad SMARTS) is 1. The number of hydrogen-bond acceptors (Lipinski definition) is 10. The number of nitrogens with zero attached hydrogens (tertiary/aromatic N) is 5. The number of aliphatic hydroxyl groups excluding tert-OH is 1. The number of halogens is 2. The van der Waals surface area contributed by atoms with E-state index in [1.807, 2.05) is 0 Å². The van der Waals surface area contributed by atoms with E-state index < -0.39 is 46.9 Å². The molecule has 2 aliphatic rings. The molecule has 1 fully saturated rings. The quantitative estimate of drug-likeness (QED) is 0.202. The molecule has 176 valence electrons. The summed E-state index contributed by atoms with van der Waals surface area (Å²) < 4.78 is 37.9. The van der Waals surface area contributed by atoms with E-state index in [2.05, 4.69) is 15.7 Å². The first-order valence-electron chi connectivity index (χ1n) is 8.94. The van der Waals surface area contributed by atoms with E-state index in [-0.39, 0.29) is 48.4 Å². The molecule has 1 aromatic rings. The molecule has 0 bridgehead atoms. The fraction of sp³-hybridized carbons (Fsp3) is 0.600. The van der Waals surface area contributed by atoms with Gasteiger partial charge in [-0.25, -0.2) is 14.2 Å². The summed E-state index contributed by atoms with van der Waals surface area (Å²) in [7, 11) is 1.09. The molecule has 17 heteroatoms. The number of carbonyl (C=O) groups excluding carboxylic acids is 2. The number of thioether (sulfide) groups is 1. The monoisotopic (exact) mass is 496 g/mol. The number of carbonyl (C=O) groups is 3. The molecular weight excluding hydrogens is 478 g/mol. The summed E-state index contributed by atoms with van der Waals surface area (Å²) in [5, 5.41) is 28.5. The zero-order valence-corrected chi connectivity index (χ0v) is 18.1. The molecule has 32 heavy (non-hydrogen) atoms. The first-order chi connectivity index (χ1) is 15.2. The van der Waals surface area contributed by atoms with Gasteiger partial charge in [-0.15, -0.1) is 0 Å². The number of nitrogens with one attached hydrogen (secondary N) is 1. The normalized spacial score (nSPS) is 22.7. The first-order valence-corrected chi connectivity index (χ1v) is 10.4. The molecule has 0 aliphatic carbocycles. The molecule has 13 nitrogen and oxygen atoms in total. The van der Waals surface area contributed by atoms with Gasteiger partial charge in [-0.1, -0.05) is 11.8 Å². The van der Waals surface area contributed by atoms with E-state index in [0.717, 1.165) is 12.0 Å². The number of fused-ring (bicyclic) bond motifs is 1. The van der Waals surface area contributed by atoms with Crippen molar-refractivity contribution in [3.63, 3.8) is 0 Å². The number of carboxylic acids is 1. The highest BCUT2D eigenvalue weighted by Crippen LogP contribution is 2.40. The summed E-state index contributed by atoms with van der Waals surface area (Å²) in [5.41, 5.74) is -2.32. The highest BCUT2D eigenvalue weighted by atomic mass is 32.2. The minimum atomic E-state index is -2.79. The van der Waals surface area contributed by atoms with Crippen LogP contribution >= 0.6 is 24.0 Å². The van der Waals surface area contributed by atoms with Gasteiger partial charge < -0.3 is 25.0 Å². The summed E-state index contributed by atoms with van der Waals surface area (Å²) >= 11 is 5.23. The van der Waals surface area contributed by atoms with Gasteiger partial charge in [0.15, 0.2) is 6.23 Å². The van der Waals surface area contributed by atoms with Crippen LogP contribution in [0.1, 0.15) is 0 Å². The third-order valence-electron chi connectivity index (χ3n) is 4.65. The van der Waals surface area contributed by atoms with E-state index in [1.165, 1.54) is 9.36 Å². The van der Waals surface area contributed by atoms with Crippen molar-refractivity contribution in [2.45, 2.75) is 30.8 Å². The first kappa shape index (κ1) is 24.2. The van der Waals surface area contributed by atoms with Crippen LogP contribution in [-0.2, 0) is 36.9 Å². The molecule has 0 saturated carbocycles. The molecule has 0 unspecified atom stereocenters. The number of amides is 2. The zero-order valence-electron chi connectivity index (χ0n) is 16.4. The molecule has 2 aliphatic heterocycles. The summed E-state index contributed by atoms with van der Waals surface area (Å²) in [4.78, 5) is 37.6. The molecule has 1 aromatic heterocycles. The maximum absolute atomic E-state index is 12.9. The lowest BCUT2D eigenvalue weighted by Gasteiger charge is -2.55. The molecule has 3 heterocycles. The second-order valence-corrected chi connectivity index (χ2v) is 7.86. The van der Waals surface area contributed by atoms with Crippen LogP contribution in [-0.4, -0.2) is 96.5 Å². The SMILES string of the molecule is CO[C@@]1(NC(=O)CSC(F)F)C(=O)N2C(C(=O)O)=C(Cn3nnn(CCO)c3=S)CO[C@@H]21. The lowest BCUT2D eigenvalue weighted by molar-refractivity contribution is -0.258. The fourth-order valence-electron chi connectivity index (χ4n) is 3.27. The van der Waals surface area contributed by atoms with E-state index in [4.69, 9.17) is 26.8 Å². The van der Waals surface area contributed by atoms with Crippen LogP contribution < -0.4 is 5.32 Å². The molecular formula is C15H18F2N6O7S2. The molecule has 3 rings (SSSR count). The number of aliphatic hydroxyl groups is 1. The Labute approximate surface area is 187 Å². The van der Waals surface area contributed by atoms with Crippen LogP contribution in [0.5, 0.6) is 0 Å². The van der Waals surface area contributed by atoms with E-state index in [0.29, 0.717) is 0 Å². The van der Waals surface area contributed by atoms with Gasteiger partial charge in [0.25, 0.3) is 17.4 Å². The van der Waals surface area contributed by atoms with Gasteiger partial charge in [-0.2, -0.15) is 8.78 Å². The lowest BCUT2D eigenvalue weighted by Crippen LogP contribution is -2.82. The topological polar surface area (TPSA) is 161 Å². The van der Waals surface area contributed by atoms with Crippen LogP contribution in [0, 0.1) is 4.77 Å². The number of tetrazole rings is 1. The molecule has 0 radical (unpaired) electrons. The summed E-state index contributed by atoms with van der Waals surface area (Å²) in [6.45, 7) is -0.590. The van der Waals surface area contributed by atoms with E-state index in [1.54, 1.807) is 0 Å². The van der Waals surface area contributed by atoms with Gasteiger partial charge in [0.05, 0.1) is 32.1 Å². The zero-order chi connectivity index (χ0) is 23.6. The van der Waals surface area contributed by atoms with E-state index in [9.17, 15) is 28.3 Å². The summed E-state index contributed by atoms with van der Waals surface area (Å²) in [6, 6.07) is 0. The Morgan fingerprint density at radius 1 is 1.44 bits per heavy atom. The van der Waals surface area contributed by atoms with Crippen LogP contribution in [0.2, 0.25) is 0 Å². The number of ether oxygens (including phenoxy) is 2. The van der Waals surface area contributed by atoms with Crippen molar-refractivity contribution in [3.8, 4) is 0 Å². The van der Waals surface area contributed by atoms with Crippen molar-refractivity contribution in [2.24, 2.45) is 0 Å². The Kier molecular flexibility index (Phi) is 7.23. The van der Waals surface area contributed by atoms with Crippen molar-refractivity contribution in [2.75, 3.05) is 26.1 Å². The van der Waals surface area contributed by atoms with Crippen LogP contribution in [0.3, 0.4) is 0 Å². The van der Waals surface area contributed by atoms with Crippen molar-refractivity contribution in [3.05, 3.63) is 16.0 Å². The van der Waals surface area contributed by atoms with Gasteiger partial charge in [0.2, 0.25) is 10.7 Å². The number of β-lactam (4-membered cyclic amide) rings is 1. The molecule has 3 N–H and O–H groups in total. The summed E-state index contributed by atoms with van der Waals surface area (Å²) in [6.07, 6.45) is -1.33. The smallest absolute Gasteiger partial charge is 0.352 e. The highest BCUT2D eigenvalue weighted by Gasteiger charge is 2.67. The maximum Gasteiger partial charge on any atom is 0.352 e. The van der Waals surface area contributed by atoms with Crippen molar-refractivity contribution >= 4 is 41.8 Å². The molecule has 0 aromatic carbocycles. The van der Waals surface area contributed by atoms with Crippen LogP contribution in [0.15, 0.2) is 11.3 Å². The van der Waals surface area contributed by atoms with Crippen LogP contribution in [0.25, 0.3) is 0 Å². The Hall–Kier alpha value is -2.47. The largest absolute Gasteiger partial charge is 0.477 e. The molecule has 0 spiro atoms. The maximum atomic E-state index is 12.9. The molecule has 2 amide bonds. The standard InChI is InChI=1S/C15H18F2N6O7S2/c1-29-15(18-8(25)6-32-13(16)17)11(28)23-9(10(26)27)7(5-30-12(15)23)4-22-14(31)21(2-3-24)19-20-22/h12-13,24H,2-6H2,1H3,(H,18,25)(H,26,27)/t12-,15+/m1/s1. The molecule has 1 saturated heterocycles. The lowest BCUT2D eigenvalue weighted by atomic mass is 9.94. The minimum absolute atomic E-state index is 0.0563. The van der Waals surface area contributed by atoms with Gasteiger partial charge in [-0.3, -0.25) is 14.5 Å². The predicted molar refractivity (Wildman–Crippen MR) is 104 cm³/mol. The Morgan fingerprint density at radius 3 is 2.72 bits per heavy atom. The molecule has 2 atom stereocenters. The number of aliphatic carboxylic acids is 1. The predicted octanol–water partition coefficient (Wildman–Crippen LogP) is -1.25. The Morgan fingerprint density at radius 2 is 2.12 bits per heavy atom. The van der Waals surface area contributed by atoms with Crippen molar-refractivity contribution in [1.82, 2.24) is 30.0 Å². The Bertz CT molecular complexity index is 1010. The minimum Gasteiger partial charge on any atom is -0.477 e. The van der Waals surface area contributed by atoms with Gasteiger partial charge >= 0.3 is 5.97 Å². The van der Waals surface area contributed by atoms with Gasteiger partial charge in [0.1, 0.15) is 5.70 Å². The Balaban J connectivity index is 1.85. The second-order valence-electron chi connectivity index (χ2n) is 6.52. The average Bonchev–Trinajstić information content (AvgIpc) is 3.09. The number of alkyl halides is 2. The number of aromatic nitrogens is 4. The second kappa shape index (κ2) is 9.57. The fourth-order valence-corrected chi connectivity index (χ4v) is 3.85. The van der Waals surface area contributed by atoms with Gasteiger partial charge in [0, 0.05) is 12.7 Å². The van der Waals surface area contributed by atoms with Crippen molar-refractivity contribution < 1.29 is 42.9 Å². The summed E-state index contributed by atoms with van der Waals surface area (Å²) in [5.74, 6) is -6.72. The van der Waals surface area contributed by atoms with Crippen molar-refractivity contribution in [1.29, 1.82) is 0 Å². The number of hydrogen-bond donors (Lipinski definition) is 3. The highest BCUT2D eigenvalue weighted by molar-refractivity contribution is 8.00. The number of rotatable bonds is 10. The third-order valence-corrected chi connectivity index (χ3v) is 5.75. The van der Waals surface area contributed by atoms with E-state index >= 15 is 0 Å². The average molecular weight is 496 g/mol. The number of methoxy groups -OCH3 is 1. The van der Waals surface area contributed by atoms with Crippen LogP contribution in [0.4, 0.5) is 8.78 Å². The third kappa shape index (κ3) is 4.25.